The van der Waals surface area contributed by atoms with Crippen LogP contribution in [0, 0.1) is 0 Å². The summed E-state index contributed by atoms with van der Waals surface area (Å²) in [7, 11) is 0. The summed E-state index contributed by atoms with van der Waals surface area (Å²) in [5.41, 5.74) is 2.08. The predicted molar refractivity (Wildman–Crippen MR) is 84.1 cm³/mol. The molecule has 0 radical (unpaired) electrons. The highest BCUT2D eigenvalue weighted by atomic mass is 79.9. The average Bonchev–Trinajstić information content (AvgIpc) is 2.38. The molecule has 0 aliphatic carbocycles. The highest BCUT2D eigenvalue weighted by Gasteiger charge is 2.13. The zero-order valence-electron chi connectivity index (χ0n) is 10.1. The first-order valence-corrected chi connectivity index (χ1v) is 7.45. The third kappa shape index (κ3) is 3.96. The molecular formula is C15H13BrCl2O. The molecule has 2 aromatic rings. The normalized spacial score (nSPS) is 12.4. The summed E-state index contributed by atoms with van der Waals surface area (Å²) in [6.07, 6.45) is 0.683. The van der Waals surface area contributed by atoms with Gasteiger partial charge in [-0.25, -0.2) is 0 Å². The van der Waals surface area contributed by atoms with Gasteiger partial charge in [0, 0.05) is 20.4 Å². The molecule has 0 aliphatic heterocycles. The summed E-state index contributed by atoms with van der Waals surface area (Å²) in [6.45, 7) is 0.0788. The summed E-state index contributed by atoms with van der Waals surface area (Å²) in [6, 6.07) is 13.4. The molecule has 0 aliphatic rings. The van der Waals surface area contributed by atoms with Gasteiger partial charge in [-0.3, -0.25) is 0 Å². The second-order valence-corrected chi connectivity index (χ2v) is 6.13. The van der Waals surface area contributed by atoms with E-state index in [4.69, 9.17) is 23.2 Å². The first-order valence-electron chi connectivity index (χ1n) is 5.90. The van der Waals surface area contributed by atoms with Crippen molar-refractivity contribution in [3.63, 3.8) is 0 Å². The van der Waals surface area contributed by atoms with Crippen molar-refractivity contribution in [1.29, 1.82) is 0 Å². The van der Waals surface area contributed by atoms with E-state index in [0.717, 1.165) is 15.6 Å². The zero-order chi connectivity index (χ0) is 13.8. The summed E-state index contributed by atoms with van der Waals surface area (Å²) in [4.78, 5) is 0. The quantitative estimate of drug-likeness (QED) is 0.807. The number of aliphatic hydroxyl groups excluding tert-OH is 1. The van der Waals surface area contributed by atoms with Gasteiger partial charge in [0.15, 0.2) is 0 Å². The van der Waals surface area contributed by atoms with Crippen molar-refractivity contribution in [1.82, 2.24) is 0 Å². The third-order valence-corrected chi connectivity index (χ3v) is 4.10. The molecule has 1 nitrogen and oxygen atoms in total. The molecule has 4 heteroatoms. The van der Waals surface area contributed by atoms with E-state index in [-0.39, 0.29) is 12.5 Å². The van der Waals surface area contributed by atoms with Gasteiger partial charge in [0.05, 0.1) is 6.61 Å². The molecule has 1 N–H and O–H groups in total. The van der Waals surface area contributed by atoms with E-state index >= 15 is 0 Å². The topological polar surface area (TPSA) is 20.2 Å². The minimum Gasteiger partial charge on any atom is -0.396 e. The molecule has 0 saturated carbocycles. The average molecular weight is 360 g/mol. The summed E-state index contributed by atoms with van der Waals surface area (Å²) in [5.74, 6) is 0.0242. The van der Waals surface area contributed by atoms with Crippen LogP contribution in [0.5, 0.6) is 0 Å². The van der Waals surface area contributed by atoms with Crippen LogP contribution in [-0.4, -0.2) is 11.7 Å². The van der Waals surface area contributed by atoms with Crippen molar-refractivity contribution >= 4 is 39.1 Å². The van der Waals surface area contributed by atoms with Gasteiger partial charge in [0.25, 0.3) is 0 Å². The molecule has 0 spiro atoms. The van der Waals surface area contributed by atoms with Crippen LogP contribution in [0.4, 0.5) is 0 Å². The van der Waals surface area contributed by atoms with Gasteiger partial charge in [0.1, 0.15) is 0 Å². The van der Waals surface area contributed by atoms with Crippen LogP contribution in [0.1, 0.15) is 17.0 Å². The Balaban J connectivity index is 2.24. The van der Waals surface area contributed by atoms with Crippen molar-refractivity contribution in [3.8, 4) is 0 Å². The van der Waals surface area contributed by atoms with Crippen LogP contribution in [0.3, 0.4) is 0 Å². The highest BCUT2D eigenvalue weighted by molar-refractivity contribution is 9.10. The number of rotatable bonds is 4. The van der Waals surface area contributed by atoms with Gasteiger partial charge < -0.3 is 5.11 Å². The highest BCUT2D eigenvalue weighted by Crippen LogP contribution is 2.28. The molecule has 0 bridgehead atoms. The van der Waals surface area contributed by atoms with E-state index in [1.54, 1.807) is 6.07 Å². The van der Waals surface area contributed by atoms with Crippen LogP contribution >= 0.6 is 39.1 Å². The molecule has 1 unspecified atom stereocenters. The lowest BCUT2D eigenvalue weighted by molar-refractivity contribution is 0.264. The van der Waals surface area contributed by atoms with Crippen molar-refractivity contribution in [2.24, 2.45) is 0 Å². The first-order chi connectivity index (χ1) is 9.10. The standard InChI is InChI=1S/C15H13BrCl2O/c16-13-3-1-2-10(7-13)12(9-19)6-11-4-5-14(17)8-15(11)18/h1-5,7-8,12,19H,6,9H2. The fourth-order valence-electron chi connectivity index (χ4n) is 2.00. The van der Waals surface area contributed by atoms with Gasteiger partial charge in [0.2, 0.25) is 0 Å². The Morgan fingerprint density at radius 3 is 2.53 bits per heavy atom. The molecule has 0 heterocycles. The largest absolute Gasteiger partial charge is 0.396 e. The number of aliphatic hydroxyl groups is 1. The maximum Gasteiger partial charge on any atom is 0.0502 e. The molecule has 2 rings (SSSR count). The van der Waals surface area contributed by atoms with Gasteiger partial charge in [-0.05, 0) is 41.8 Å². The smallest absolute Gasteiger partial charge is 0.0502 e. The summed E-state index contributed by atoms with van der Waals surface area (Å²) >= 11 is 15.5. The first kappa shape index (κ1) is 14.9. The van der Waals surface area contributed by atoms with E-state index < -0.39 is 0 Å². The fourth-order valence-corrected chi connectivity index (χ4v) is 2.90. The van der Waals surface area contributed by atoms with Crippen LogP contribution in [0.25, 0.3) is 0 Å². The van der Waals surface area contributed by atoms with Gasteiger partial charge >= 0.3 is 0 Å². The van der Waals surface area contributed by atoms with Gasteiger partial charge in [-0.15, -0.1) is 0 Å². The maximum absolute atomic E-state index is 9.59. The molecule has 1 atom stereocenters. The Morgan fingerprint density at radius 1 is 1.11 bits per heavy atom. The number of halogens is 3. The zero-order valence-corrected chi connectivity index (χ0v) is 13.2. The Bertz CT molecular complexity index is 572. The van der Waals surface area contributed by atoms with Crippen molar-refractivity contribution in [3.05, 3.63) is 68.1 Å². The molecular weight excluding hydrogens is 347 g/mol. The Kier molecular flexibility index (Phi) is 5.28. The molecule has 2 aromatic carbocycles. The van der Waals surface area contributed by atoms with E-state index in [0.29, 0.717) is 16.5 Å². The van der Waals surface area contributed by atoms with Crippen LogP contribution in [-0.2, 0) is 6.42 Å². The Morgan fingerprint density at radius 2 is 1.89 bits per heavy atom. The number of benzene rings is 2. The van der Waals surface area contributed by atoms with Crippen molar-refractivity contribution in [2.45, 2.75) is 12.3 Å². The fraction of sp³-hybridized carbons (Fsp3) is 0.200. The maximum atomic E-state index is 9.59. The predicted octanol–water partition coefficient (Wildman–Crippen LogP) is 5.07. The SMILES string of the molecule is OCC(Cc1ccc(Cl)cc1Cl)c1cccc(Br)c1. The molecule has 0 saturated heterocycles. The second kappa shape index (κ2) is 6.76. The van der Waals surface area contributed by atoms with E-state index in [9.17, 15) is 5.11 Å². The van der Waals surface area contributed by atoms with Crippen molar-refractivity contribution < 1.29 is 5.11 Å². The van der Waals surface area contributed by atoms with Crippen molar-refractivity contribution in [2.75, 3.05) is 6.61 Å². The van der Waals surface area contributed by atoms with Crippen LogP contribution < -0.4 is 0 Å². The second-order valence-electron chi connectivity index (χ2n) is 4.37. The van der Waals surface area contributed by atoms with Gasteiger partial charge in [-0.1, -0.05) is 57.3 Å². The third-order valence-electron chi connectivity index (χ3n) is 3.02. The monoisotopic (exact) mass is 358 g/mol. The van der Waals surface area contributed by atoms with Gasteiger partial charge in [-0.2, -0.15) is 0 Å². The van der Waals surface area contributed by atoms with E-state index in [1.165, 1.54) is 0 Å². The van der Waals surface area contributed by atoms with E-state index in [1.807, 2.05) is 36.4 Å². The lowest BCUT2D eigenvalue weighted by Crippen LogP contribution is -2.08. The lowest BCUT2D eigenvalue weighted by atomic mass is 9.93. The van der Waals surface area contributed by atoms with E-state index in [2.05, 4.69) is 15.9 Å². The molecule has 19 heavy (non-hydrogen) atoms. The lowest BCUT2D eigenvalue weighted by Gasteiger charge is -2.16. The minimum atomic E-state index is 0.0242. The summed E-state index contributed by atoms with van der Waals surface area (Å²) < 4.78 is 1.01. The van der Waals surface area contributed by atoms with Crippen LogP contribution in [0.15, 0.2) is 46.9 Å². The summed E-state index contributed by atoms with van der Waals surface area (Å²) in [5, 5.41) is 10.9. The number of hydrogen-bond donors (Lipinski definition) is 1. The van der Waals surface area contributed by atoms with Crippen LogP contribution in [0.2, 0.25) is 10.0 Å². The minimum absolute atomic E-state index is 0.0242. The number of hydrogen-bond acceptors (Lipinski definition) is 1. The molecule has 100 valence electrons. The molecule has 0 aromatic heterocycles. The molecule has 0 amide bonds. The Hall–Kier alpha value is -0.540. The Labute approximate surface area is 131 Å². The molecule has 0 fully saturated rings.